The summed E-state index contributed by atoms with van der Waals surface area (Å²) in [5.41, 5.74) is 8.91. The summed E-state index contributed by atoms with van der Waals surface area (Å²) in [5.74, 6) is -0.392. The van der Waals surface area contributed by atoms with Gasteiger partial charge in [0.05, 0.1) is 12.6 Å². The quantitative estimate of drug-likeness (QED) is 0.913. The minimum Gasteiger partial charge on any atom is -0.371 e. The lowest BCUT2D eigenvalue weighted by atomic mass is 9.90. The van der Waals surface area contributed by atoms with Crippen molar-refractivity contribution < 1.29 is 9.13 Å². The van der Waals surface area contributed by atoms with Gasteiger partial charge in [-0.2, -0.15) is 0 Å². The first-order valence-electron chi connectivity index (χ1n) is 6.57. The van der Waals surface area contributed by atoms with Crippen molar-refractivity contribution in [1.29, 1.82) is 0 Å². The van der Waals surface area contributed by atoms with E-state index in [2.05, 4.69) is 6.07 Å². The standard InChI is InChI=1S/C16H15ClFNO/c17-11-5-6-13(14(18)9-11)15(19)16-12-4-2-1-3-10(12)7-8-20-16/h1-6,9,15-16H,7-8,19H2. The normalized spacial score (nSPS) is 19.4. The predicted molar refractivity (Wildman–Crippen MR) is 77.2 cm³/mol. The molecule has 0 fully saturated rings. The monoisotopic (exact) mass is 291 g/mol. The fourth-order valence-corrected chi connectivity index (χ4v) is 2.82. The van der Waals surface area contributed by atoms with Gasteiger partial charge in [0.25, 0.3) is 0 Å². The highest BCUT2D eigenvalue weighted by molar-refractivity contribution is 6.30. The molecule has 4 heteroatoms. The predicted octanol–water partition coefficient (Wildman–Crippen LogP) is 3.79. The third kappa shape index (κ3) is 2.44. The Morgan fingerprint density at radius 3 is 2.85 bits per heavy atom. The second kappa shape index (κ2) is 5.52. The summed E-state index contributed by atoms with van der Waals surface area (Å²) in [7, 11) is 0. The van der Waals surface area contributed by atoms with Crippen molar-refractivity contribution in [3.8, 4) is 0 Å². The van der Waals surface area contributed by atoms with E-state index in [0.717, 1.165) is 12.0 Å². The minimum atomic E-state index is -0.547. The van der Waals surface area contributed by atoms with Gasteiger partial charge in [0, 0.05) is 10.6 Å². The lowest BCUT2D eigenvalue weighted by molar-refractivity contribution is 0.0234. The molecule has 3 rings (SSSR count). The number of nitrogens with two attached hydrogens (primary N) is 1. The molecule has 2 nitrogen and oxygen atoms in total. The number of halogens is 2. The third-order valence-electron chi connectivity index (χ3n) is 3.68. The fourth-order valence-electron chi connectivity index (χ4n) is 2.66. The molecule has 20 heavy (non-hydrogen) atoms. The maximum absolute atomic E-state index is 14.0. The van der Waals surface area contributed by atoms with Crippen molar-refractivity contribution in [2.75, 3.05) is 6.61 Å². The topological polar surface area (TPSA) is 35.2 Å². The molecule has 0 saturated carbocycles. The molecule has 0 spiro atoms. The van der Waals surface area contributed by atoms with Crippen LogP contribution >= 0.6 is 11.6 Å². The van der Waals surface area contributed by atoms with Gasteiger partial charge in [-0.3, -0.25) is 0 Å². The summed E-state index contributed by atoms with van der Waals surface area (Å²) >= 11 is 5.78. The van der Waals surface area contributed by atoms with E-state index < -0.39 is 11.9 Å². The summed E-state index contributed by atoms with van der Waals surface area (Å²) in [6, 6.07) is 12.0. The molecular weight excluding hydrogens is 277 g/mol. The lowest BCUT2D eigenvalue weighted by Gasteiger charge is -2.30. The molecule has 0 aromatic heterocycles. The van der Waals surface area contributed by atoms with Gasteiger partial charge in [-0.1, -0.05) is 41.9 Å². The maximum Gasteiger partial charge on any atom is 0.129 e. The van der Waals surface area contributed by atoms with Crippen LogP contribution in [0.3, 0.4) is 0 Å². The van der Waals surface area contributed by atoms with Crippen LogP contribution in [-0.4, -0.2) is 6.61 Å². The van der Waals surface area contributed by atoms with Crippen molar-refractivity contribution in [3.05, 3.63) is 70.0 Å². The summed E-state index contributed by atoms with van der Waals surface area (Å²) in [4.78, 5) is 0. The number of hydrogen-bond acceptors (Lipinski definition) is 2. The van der Waals surface area contributed by atoms with Crippen LogP contribution in [0.15, 0.2) is 42.5 Å². The van der Waals surface area contributed by atoms with Gasteiger partial charge in [0.1, 0.15) is 11.9 Å². The zero-order valence-corrected chi connectivity index (χ0v) is 11.6. The molecule has 2 unspecified atom stereocenters. The van der Waals surface area contributed by atoms with Gasteiger partial charge < -0.3 is 10.5 Å². The van der Waals surface area contributed by atoms with E-state index in [0.29, 0.717) is 17.2 Å². The minimum absolute atomic E-state index is 0.323. The molecule has 0 saturated heterocycles. The first-order chi connectivity index (χ1) is 9.66. The summed E-state index contributed by atoms with van der Waals surface area (Å²) < 4.78 is 19.8. The maximum atomic E-state index is 14.0. The first-order valence-corrected chi connectivity index (χ1v) is 6.94. The Labute approximate surface area is 122 Å². The van der Waals surface area contributed by atoms with Crippen molar-refractivity contribution in [1.82, 2.24) is 0 Å². The van der Waals surface area contributed by atoms with Crippen LogP contribution in [0.1, 0.15) is 28.8 Å². The second-order valence-corrected chi connectivity index (χ2v) is 5.37. The molecule has 2 aromatic carbocycles. The third-order valence-corrected chi connectivity index (χ3v) is 3.91. The van der Waals surface area contributed by atoms with E-state index in [1.165, 1.54) is 11.6 Å². The second-order valence-electron chi connectivity index (χ2n) is 4.93. The van der Waals surface area contributed by atoms with Crippen molar-refractivity contribution >= 4 is 11.6 Å². The Kier molecular flexibility index (Phi) is 3.74. The largest absolute Gasteiger partial charge is 0.371 e. The zero-order valence-electron chi connectivity index (χ0n) is 10.9. The number of ether oxygens (including phenoxy) is 1. The Bertz CT molecular complexity index is 632. The van der Waals surface area contributed by atoms with Gasteiger partial charge in [-0.05, 0) is 29.7 Å². The molecule has 104 valence electrons. The highest BCUT2D eigenvalue weighted by Crippen LogP contribution is 2.36. The van der Waals surface area contributed by atoms with E-state index in [1.807, 2.05) is 18.2 Å². The molecule has 1 aliphatic heterocycles. The Morgan fingerprint density at radius 1 is 1.25 bits per heavy atom. The van der Waals surface area contributed by atoms with E-state index >= 15 is 0 Å². The Morgan fingerprint density at radius 2 is 2.05 bits per heavy atom. The highest BCUT2D eigenvalue weighted by Gasteiger charge is 2.28. The van der Waals surface area contributed by atoms with Crippen LogP contribution in [-0.2, 0) is 11.2 Å². The van der Waals surface area contributed by atoms with Gasteiger partial charge in [0.2, 0.25) is 0 Å². The number of hydrogen-bond donors (Lipinski definition) is 1. The Balaban J connectivity index is 1.97. The van der Waals surface area contributed by atoms with Crippen LogP contribution in [0, 0.1) is 5.82 Å². The zero-order chi connectivity index (χ0) is 14.1. The SMILES string of the molecule is NC(c1ccc(Cl)cc1F)C1OCCc2ccccc21. The van der Waals surface area contributed by atoms with Crippen molar-refractivity contribution in [2.45, 2.75) is 18.6 Å². The molecule has 0 aliphatic carbocycles. The van der Waals surface area contributed by atoms with E-state index in [4.69, 9.17) is 22.1 Å². The smallest absolute Gasteiger partial charge is 0.129 e. The first kappa shape index (κ1) is 13.6. The molecule has 1 heterocycles. The van der Waals surface area contributed by atoms with Crippen LogP contribution in [0.5, 0.6) is 0 Å². The van der Waals surface area contributed by atoms with Crippen molar-refractivity contribution in [2.24, 2.45) is 5.73 Å². The average molecular weight is 292 g/mol. The number of fused-ring (bicyclic) bond motifs is 1. The molecule has 2 aromatic rings. The highest BCUT2D eigenvalue weighted by atomic mass is 35.5. The van der Waals surface area contributed by atoms with Crippen LogP contribution in [0.4, 0.5) is 4.39 Å². The van der Waals surface area contributed by atoms with E-state index in [9.17, 15) is 4.39 Å². The van der Waals surface area contributed by atoms with Gasteiger partial charge in [-0.25, -0.2) is 4.39 Å². The number of benzene rings is 2. The van der Waals surface area contributed by atoms with Gasteiger partial charge in [-0.15, -0.1) is 0 Å². The lowest BCUT2D eigenvalue weighted by Crippen LogP contribution is -2.27. The van der Waals surface area contributed by atoms with Crippen LogP contribution in [0.2, 0.25) is 5.02 Å². The molecule has 2 N–H and O–H groups in total. The van der Waals surface area contributed by atoms with E-state index in [-0.39, 0.29) is 6.10 Å². The van der Waals surface area contributed by atoms with Crippen LogP contribution in [0.25, 0.3) is 0 Å². The molecule has 1 aliphatic rings. The summed E-state index contributed by atoms with van der Waals surface area (Å²) in [6.07, 6.45) is 0.540. The van der Waals surface area contributed by atoms with Gasteiger partial charge >= 0.3 is 0 Å². The summed E-state index contributed by atoms with van der Waals surface area (Å²) in [6.45, 7) is 0.602. The number of rotatable bonds is 2. The fraction of sp³-hybridized carbons (Fsp3) is 0.250. The molecule has 2 atom stereocenters. The average Bonchev–Trinajstić information content (AvgIpc) is 2.46. The van der Waals surface area contributed by atoms with Crippen molar-refractivity contribution in [3.63, 3.8) is 0 Å². The summed E-state index contributed by atoms with van der Waals surface area (Å²) in [5, 5.41) is 0.364. The Hall–Kier alpha value is -1.42. The van der Waals surface area contributed by atoms with Crippen LogP contribution < -0.4 is 5.73 Å². The molecule has 0 bridgehead atoms. The molecular formula is C16H15ClFNO. The molecule has 0 amide bonds. The van der Waals surface area contributed by atoms with Gasteiger partial charge in [0.15, 0.2) is 0 Å². The van der Waals surface area contributed by atoms with E-state index in [1.54, 1.807) is 12.1 Å². The molecule has 0 radical (unpaired) electrons.